The first-order chi connectivity index (χ1) is 5.88. The van der Waals surface area contributed by atoms with Gasteiger partial charge < -0.3 is 10.3 Å². The van der Waals surface area contributed by atoms with Crippen molar-refractivity contribution in [3.63, 3.8) is 0 Å². The van der Waals surface area contributed by atoms with Gasteiger partial charge in [0.2, 0.25) is 0 Å². The van der Waals surface area contributed by atoms with E-state index in [1.54, 1.807) is 12.3 Å². The van der Waals surface area contributed by atoms with Gasteiger partial charge in [0.25, 0.3) is 5.91 Å². The molecule has 72 valence electrons. The maximum atomic E-state index is 11.5. The zero-order chi connectivity index (χ0) is 10.1. The monoisotopic (exact) mass is 244 g/mol. The van der Waals surface area contributed by atoms with Crippen molar-refractivity contribution in [2.24, 2.45) is 0 Å². The maximum absolute atomic E-state index is 11.5. The molecule has 2 N–H and O–H groups in total. The summed E-state index contributed by atoms with van der Waals surface area (Å²) in [5, 5.41) is 2.86. The van der Waals surface area contributed by atoms with E-state index in [-0.39, 0.29) is 11.4 Å². The van der Waals surface area contributed by atoms with Crippen LogP contribution in [0.4, 0.5) is 0 Å². The minimum absolute atomic E-state index is 0.0850. The Morgan fingerprint density at radius 2 is 2.15 bits per heavy atom. The van der Waals surface area contributed by atoms with E-state index in [1.165, 1.54) is 0 Å². The third-order valence-electron chi connectivity index (χ3n) is 1.38. The van der Waals surface area contributed by atoms with Crippen molar-refractivity contribution in [3.05, 3.63) is 22.4 Å². The van der Waals surface area contributed by atoms with Gasteiger partial charge in [-0.2, -0.15) is 0 Å². The molecule has 1 rings (SSSR count). The summed E-state index contributed by atoms with van der Waals surface area (Å²) in [6.07, 6.45) is 1.73. The SMILES string of the molecule is CC(C)(C)NC(=O)c1cc(Br)c[nH]1. The minimum atomic E-state index is -0.200. The number of carbonyl (C=O) groups is 1. The van der Waals surface area contributed by atoms with Crippen LogP contribution in [0.25, 0.3) is 0 Å². The van der Waals surface area contributed by atoms with Crippen LogP contribution in [0.15, 0.2) is 16.7 Å². The average molecular weight is 245 g/mol. The Hall–Kier alpha value is -0.770. The van der Waals surface area contributed by atoms with Crippen LogP contribution in [0.2, 0.25) is 0 Å². The molecule has 1 aromatic rings. The van der Waals surface area contributed by atoms with Gasteiger partial charge in [0, 0.05) is 16.2 Å². The molecule has 0 bridgehead atoms. The van der Waals surface area contributed by atoms with E-state index >= 15 is 0 Å². The molecule has 0 aliphatic rings. The molecule has 0 saturated carbocycles. The highest BCUT2D eigenvalue weighted by molar-refractivity contribution is 9.10. The molecule has 0 aromatic carbocycles. The van der Waals surface area contributed by atoms with Crippen LogP contribution in [0.1, 0.15) is 31.3 Å². The first-order valence-electron chi connectivity index (χ1n) is 4.05. The second-order valence-corrected chi connectivity index (χ2v) is 4.85. The molecule has 0 aliphatic heterocycles. The molecule has 0 saturated heterocycles. The molecule has 0 radical (unpaired) electrons. The second kappa shape index (κ2) is 3.54. The number of hydrogen-bond donors (Lipinski definition) is 2. The normalized spacial score (nSPS) is 11.4. The number of rotatable bonds is 1. The molecule has 1 heterocycles. The van der Waals surface area contributed by atoms with Crippen molar-refractivity contribution in [1.29, 1.82) is 0 Å². The quantitative estimate of drug-likeness (QED) is 0.783. The van der Waals surface area contributed by atoms with E-state index < -0.39 is 0 Å². The number of nitrogens with one attached hydrogen (secondary N) is 2. The lowest BCUT2D eigenvalue weighted by Gasteiger charge is -2.19. The number of H-pyrrole nitrogens is 1. The Morgan fingerprint density at radius 1 is 1.54 bits per heavy atom. The van der Waals surface area contributed by atoms with E-state index in [0.29, 0.717) is 5.69 Å². The summed E-state index contributed by atoms with van der Waals surface area (Å²) in [7, 11) is 0. The van der Waals surface area contributed by atoms with Gasteiger partial charge >= 0.3 is 0 Å². The van der Waals surface area contributed by atoms with Gasteiger partial charge in [-0.05, 0) is 42.8 Å². The highest BCUT2D eigenvalue weighted by atomic mass is 79.9. The number of halogens is 1. The number of aromatic nitrogens is 1. The van der Waals surface area contributed by atoms with Crippen LogP contribution < -0.4 is 5.32 Å². The average Bonchev–Trinajstić information content (AvgIpc) is 2.31. The van der Waals surface area contributed by atoms with Gasteiger partial charge in [-0.3, -0.25) is 4.79 Å². The predicted molar refractivity (Wildman–Crippen MR) is 55.7 cm³/mol. The predicted octanol–water partition coefficient (Wildman–Crippen LogP) is 2.31. The minimum Gasteiger partial charge on any atom is -0.356 e. The van der Waals surface area contributed by atoms with Gasteiger partial charge in [-0.25, -0.2) is 0 Å². The van der Waals surface area contributed by atoms with Gasteiger partial charge in [-0.15, -0.1) is 0 Å². The summed E-state index contributed by atoms with van der Waals surface area (Å²) in [4.78, 5) is 14.4. The fourth-order valence-corrected chi connectivity index (χ4v) is 1.25. The fourth-order valence-electron chi connectivity index (χ4n) is 0.907. The second-order valence-electron chi connectivity index (χ2n) is 3.94. The van der Waals surface area contributed by atoms with E-state index in [0.717, 1.165) is 4.47 Å². The van der Waals surface area contributed by atoms with Gasteiger partial charge in [0.05, 0.1) is 0 Å². The Morgan fingerprint density at radius 3 is 2.54 bits per heavy atom. The lowest BCUT2D eigenvalue weighted by Crippen LogP contribution is -2.40. The van der Waals surface area contributed by atoms with E-state index in [4.69, 9.17) is 0 Å². The first-order valence-corrected chi connectivity index (χ1v) is 4.84. The summed E-state index contributed by atoms with van der Waals surface area (Å²) >= 11 is 3.27. The van der Waals surface area contributed by atoms with Gasteiger partial charge in [-0.1, -0.05) is 0 Å². The summed E-state index contributed by atoms with van der Waals surface area (Å²) in [6, 6.07) is 1.75. The van der Waals surface area contributed by atoms with E-state index in [2.05, 4.69) is 26.2 Å². The Bertz CT molecular complexity index is 312. The molecule has 3 nitrogen and oxygen atoms in total. The van der Waals surface area contributed by atoms with Crippen molar-refractivity contribution in [2.75, 3.05) is 0 Å². The summed E-state index contributed by atoms with van der Waals surface area (Å²) in [5.41, 5.74) is 0.371. The third-order valence-corrected chi connectivity index (χ3v) is 1.84. The Balaban J connectivity index is 2.70. The Labute approximate surface area is 86.0 Å². The molecule has 1 amide bonds. The van der Waals surface area contributed by atoms with Crippen LogP contribution in [0.5, 0.6) is 0 Å². The van der Waals surface area contributed by atoms with Gasteiger partial charge in [0.1, 0.15) is 5.69 Å². The van der Waals surface area contributed by atoms with Crippen LogP contribution >= 0.6 is 15.9 Å². The molecule has 0 atom stereocenters. The lowest BCUT2D eigenvalue weighted by molar-refractivity contribution is 0.0915. The zero-order valence-corrected chi connectivity index (χ0v) is 9.53. The Kier molecular flexibility index (Phi) is 2.81. The molecule has 0 spiro atoms. The van der Waals surface area contributed by atoms with Crippen molar-refractivity contribution >= 4 is 21.8 Å². The molecular formula is C9H13BrN2O. The molecule has 13 heavy (non-hydrogen) atoms. The highest BCUT2D eigenvalue weighted by Crippen LogP contribution is 2.11. The third kappa shape index (κ3) is 3.22. The zero-order valence-electron chi connectivity index (χ0n) is 7.94. The van der Waals surface area contributed by atoms with Crippen molar-refractivity contribution < 1.29 is 4.79 Å². The maximum Gasteiger partial charge on any atom is 0.268 e. The van der Waals surface area contributed by atoms with E-state index in [1.807, 2.05) is 20.8 Å². The number of hydrogen-bond acceptors (Lipinski definition) is 1. The van der Waals surface area contributed by atoms with Gasteiger partial charge in [0.15, 0.2) is 0 Å². The standard InChI is InChI=1S/C9H13BrN2O/c1-9(2,3)12-8(13)7-4-6(10)5-11-7/h4-5,11H,1-3H3,(H,12,13). The van der Waals surface area contributed by atoms with Crippen LogP contribution in [0.3, 0.4) is 0 Å². The number of amides is 1. The summed E-state index contributed by atoms with van der Waals surface area (Å²) in [6.45, 7) is 5.84. The largest absolute Gasteiger partial charge is 0.356 e. The van der Waals surface area contributed by atoms with Crippen LogP contribution in [-0.4, -0.2) is 16.4 Å². The van der Waals surface area contributed by atoms with Crippen molar-refractivity contribution in [1.82, 2.24) is 10.3 Å². The lowest BCUT2D eigenvalue weighted by atomic mass is 10.1. The smallest absolute Gasteiger partial charge is 0.268 e. The number of aromatic amines is 1. The summed E-state index contributed by atoms with van der Waals surface area (Å²) < 4.78 is 0.881. The molecule has 4 heteroatoms. The van der Waals surface area contributed by atoms with Crippen LogP contribution in [0, 0.1) is 0 Å². The van der Waals surface area contributed by atoms with E-state index in [9.17, 15) is 4.79 Å². The fraction of sp³-hybridized carbons (Fsp3) is 0.444. The van der Waals surface area contributed by atoms with Crippen molar-refractivity contribution in [3.8, 4) is 0 Å². The number of carbonyl (C=O) groups excluding carboxylic acids is 1. The molecule has 0 aliphatic carbocycles. The topological polar surface area (TPSA) is 44.9 Å². The first kappa shape index (κ1) is 10.3. The molecule has 1 aromatic heterocycles. The highest BCUT2D eigenvalue weighted by Gasteiger charge is 2.15. The molecule has 0 unspecified atom stereocenters. The summed E-state index contributed by atoms with van der Waals surface area (Å²) in [5.74, 6) is -0.0850. The van der Waals surface area contributed by atoms with Crippen LogP contribution in [-0.2, 0) is 0 Å². The molecular weight excluding hydrogens is 232 g/mol. The molecule has 0 fully saturated rings. The van der Waals surface area contributed by atoms with Crippen molar-refractivity contribution in [2.45, 2.75) is 26.3 Å².